The number of nitrogens with zero attached hydrogens (tertiary/aromatic N) is 1. The summed E-state index contributed by atoms with van der Waals surface area (Å²) in [4.78, 5) is 4.83. The molecule has 0 atom stereocenters. The molecule has 24 heavy (non-hydrogen) atoms. The van der Waals surface area contributed by atoms with Crippen molar-refractivity contribution in [3.05, 3.63) is 47.7 Å². The molecule has 0 radical (unpaired) electrons. The fourth-order valence-electron chi connectivity index (χ4n) is 3.51. The molecule has 1 aromatic carbocycles. The van der Waals surface area contributed by atoms with E-state index in [0.29, 0.717) is 5.92 Å². The van der Waals surface area contributed by atoms with Gasteiger partial charge < -0.3 is 15.8 Å². The molecule has 1 heterocycles. The second-order valence-corrected chi connectivity index (χ2v) is 6.58. The molecule has 4 nitrogen and oxygen atoms in total. The quantitative estimate of drug-likeness (QED) is 0.643. The highest BCUT2D eigenvalue weighted by Gasteiger charge is 2.21. The fraction of sp³-hybridized carbons (Fsp3) is 0.450. The van der Waals surface area contributed by atoms with Gasteiger partial charge in [0.1, 0.15) is 11.6 Å². The second-order valence-electron chi connectivity index (χ2n) is 6.58. The predicted octanol–water partition coefficient (Wildman–Crippen LogP) is 3.50. The Hall–Kier alpha value is -2.07. The average molecular weight is 325 g/mol. The Morgan fingerprint density at radius 2 is 1.96 bits per heavy atom. The van der Waals surface area contributed by atoms with Crippen molar-refractivity contribution in [2.24, 2.45) is 16.6 Å². The highest BCUT2D eigenvalue weighted by atomic mass is 16.5. The van der Waals surface area contributed by atoms with Gasteiger partial charge in [-0.15, -0.1) is 0 Å². The minimum Gasteiger partial charge on any atom is -0.497 e. The second kappa shape index (κ2) is 7.67. The van der Waals surface area contributed by atoms with E-state index in [0.717, 1.165) is 47.9 Å². The maximum Gasteiger partial charge on any atom is 0.118 e. The monoisotopic (exact) mass is 325 g/mol. The van der Waals surface area contributed by atoms with Gasteiger partial charge >= 0.3 is 0 Å². The first-order chi connectivity index (χ1) is 11.7. The number of nitrogens with two attached hydrogens (primary N) is 1. The Bertz CT molecular complexity index is 652. The molecular formula is C20H27N3O. The zero-order valence-electron chi connectivity index (χ0n) is 14.5. The summed E-state index contributed by atoms with van der Waals surface area (Å²) >= 11 is 0. The molecule has 1 aromatic rings. The maximum absolute atomic E-state index is 6.30. The van der Waals surface area contributed by atoms with Gasteiger partial charge in [0, 0.05) is 31.1 Å². The van der Waals surface area contributed by atoms with Crippen molar-refractivity contribution in [3.8, 4) is 5.75 Å². The summed E-state index contributed by atoms with van der Waals surface area (Å²) < 4.78 is 5.23. The summed E-state index contributed by atoms with van der Waals surface area (Å²) in [5.74, 6) is 2.12. The molecule has 3 N–H and O–H groups in total. The van der Waals surface area contributed by atoms with Crippen molar-refractivity contribution < 1.29 is 4.74 Å². The fourth-order valence-corrected chi connectivity index (χ4v) is 3.51. The number of hydrogen-bond acceptors (Lipinski definition) is 3. The van der Waals surface area contributed by atoms with Crippen LogP contribution in [0.4, 0.5) is 0 Å². The summed E-state index contributed by atoms with van der Waals surface area (Å²) in [5, 5.41) is 3.43. The Kier molecular flexibility index (Phi) is 5.36. The number of amidine groups is 1. The van der Waals surface area contributed by atoms with Gasteiger partial charge in [0.25, 0.3) is 0 Å². The SMILES string of the molecule is C=C(C1=C(N=C(N)C2CCCC2)CCNC1)c1ccc(OC)cc1. The standard InChI is InChI=1S/C20H27N3O/c1-14(15-7-9-17(24-2)10-8-15)18-13-22-12-11-19(18)23-20(21)16-5-3-4-6-16/h7-10,16,22H,1,3-6,11-13H2,2H3,(H2,21,23). The minimum absolute atomic E-state index is 0.461. The molecule has 0 bridgehead atoms. The van der Waals surface area contributed by atoms with Gasteiger partial charge in [-0.1, -0.05) is 31.6 Å². The molecule has 0 spiro atoms. The Labute approximate surface area is 144 Å². The van der Waals surface area contributed by atoms with Gasteiger partial charge in [-0.2, -0.15) is 0 Å². The third kappa shape index (κ3) is 3.70. The lowest BCUT2D eigenvalue weighted by molar-refractivity contribution is 0.415. The number of nitrogens with one attached hydrogen (secondary N) is 1. The first kappa shape index (κ1) is 16.8. The van der Waals surface area contributed by atoms with Crippen LogP contribution in [0.5, 0.6) is 5.75 Å². The molecule has 1 aliphatic heterocycles. The van der Waals surface area contributed by atoms with E-state index in [1.807, 2.05) is 24.3 Å². The van der Waals surface area contributed by atoms with E-state index in [1.165, 1.54) is 31.3 Å². The lowest BCUT2D eigenvalue weighted by Gasteiger charge is -2.22. The van der Waals surface area contributed by atoms with Crippen LogP contribution in [-0.4, -0.2) is 26.0 Å². The van der Waals surface area contributed by atoms with E-state index >= 15 is 0 Å². The molecule has 2 aliphatic rings. The highest BCUT2D eigenvalue weighted by molar-refractivity contribution is 5.85. The van der Waals surface area contributed by atoms with Crippen LogP contribution < -0.4 is 15.8 Å². The van der Waals surface area contributed by atoms with Crippen LogP contribution in [0.2, 0.25) is 0 Å². The van der Waals surface area contributed by atoms with Crippen LogP contribution in [0.25, 0.3) is 5.57 Å². The number of benzene rings is 1. The molecule has 0 aromatic heterocycles. The maximum atomic E-state index is 6.30. The van der Waals surface area contributed by atoms with Gasteiger partial charge in [0.15, 0.2) is 0 Å². The first-order valence-corrected chi connectivity index (χ1v) is 8.79. The molecule has 1 fully saturated rings. The molecule has 1 aliphatic carbocycles. The normalized spacial score (nSPS) is 19.6. The molecular weight excluding hydrogens is 298 g/mol. The van der Waals surface area contributed by atoms with Crippen molar-refractivity contribution in [2.75, 3.05) is 20.2 Å². The zero-order valence-corrected chi connectivity index (χ0v) is 14.5. The molecule has 1 saturated carbocycles. The van der Waals surface area contributed by atoms with E-state index < -0.39 is 0 Å². The van der Waals surface area contributed by atoms with Crippen molar-refractivity contribution in [3.63, 3.8) is 0 Å². The van der Waals surface area contributed by atoms with E-state index in [2.05, 4.69) is 11.9 Å². The Balaban J connectivity index is 1.87. The van der Waals surface area contributed by atoms with Gasteiger partial charge in [-0.05, 0) is 41.7 Å². The van der Waals surface area contributed by atoms with Crippen molar-refractivity contribution in [1.29, 1.82) is 0 Å². The third-order valence-electron chi connectivity index (χ3n) is 5.03. The Morgan fingerprint density at radius 1 is 1.25 bits per heavy atom. The van der Waals surface area contributed by atoms with Crippen LogP contribution in [0.15, 0.2) is 47.1 Å². The number of rotatable bonds is 5. The van der Waals surface area contributed by atoms with Crippen LogP contribution in [0.1, 0.15) is 37.7 Å². The number of methoxy groups -OCH3 is 1. The topological polar surface area (TPSA) is 59.6 Å². The van der Waals surface area contributed by atoms with Crippen molar-refractivity contribution in [1.82, 2.24) is 5.32 Å². The molecule has 128 valence electrons. The van der Waals surface area contributed by atoms with E-state index in [1.54, 1.807) is 7.11 Å². The van der Waals surface area contributed by atoms with Crippen LogP contribution in [0.3, 0.4) is 0 Å². The molecule has 0 amide bonds. The zero-order chi connectivity index (χ0) is 16.9. The smallest absolute Gasteiger partial charge is 0.118 e. The van der Waals surface area contributed by atoms with Crippen LogP contribution in [-0.2, 0) is 0 Å². The average Bonchev–Trinajstić information content (AvgIpc) is 3.16. The summed E-state index contributed by atoms with van der Waals surface area (Å²) in [6.07, 6.45) is 5.79. The summed E-state index contributed by atoms with van der Waals surface area (Å²) in [6.45, 7) is 6.04. The third-order valence-corrected chi connectivity index (χ3v) is 5.03. The van der Waals surface area contributed by atoms with E-state index in [-0.39, 0.29) is 0 Å². The largest absolute Gasteiger partial charge is 0.497 e. The number of ether oxygens (including phenoxy) is 1. The highest BCUT2D eigenvalue weighted by Crippen LogP contribution is 2.30. The van der Waals surface area contributed by atoms with Crippen molar-refractivity contribution >= 4 is 11.4 Å². The van der Waals surface area contributed by atoms with E-state index in [4.69, 9.17) is 15.5 Å². The van der Waals surface area contributed by atoms with E-state index in [9.17, 15) is 0 Å². The molecule has 0 unspecified atom stereocenters. The lowest BCUT2D eigenvalue weighted by atomic mass is 9.94. The molecule has 4 heteroatoms. The number of hydrogen-bond donors (Lipinski definition) is 2. The minimum atomic E-state index is 0.461. The molecule has 3 rings (SSSR count). The van der Waals surface area contributed by atoms with Gasteiger partial charge in [0.2, 0.25) is 0 Å². The van der Waals surface area contributed by atoms with Crippen LogP contribution in [0, 0.1) is 5.92 Å². The molecule has 0 saturated heterocycles. The number of aliphatic imine (C=N–C) groups is 1. The van der Waals surface area contributed by atoms with Gasteiger partial charge in [-0.25, -0.2) is 4.99 Å². The van der Waals surface area contributed by atoms with Crippen LogP contribution >= 0.6 is 0 Å². The van der Waals surface area contributed by atoms with Gasteiger partial charge in [-0.3, -0.25) is 0 Å². The lowest BCUT2D eigenvalue weighted by Crippen LogP contribution is -2.27. The summed E-state index contributed by atoms with van der Waals surface area (Å²) in [7, 11) is 1.68. The predicted molar refractivity (Wildman–Crippen MR) is 100 cm³/mol. The van der Waals surface area contributed by atoms with Crippen molar-refractivity contribution in [2.45, 2.75) is 32.1 Å². The Morgan fingerprint density at radius 3 is 2.62 bits per heavy atom. The van der Waals surface area contributed by atoms with Gasteiger partial charge in [0.05, 0.1) is 7.11 Å². The first-order valence-electron chi connectivity index (χ1n) is 8.79. The summed E-state index contributed by atoms with van der Waals surface area (Å²) in [6, 6.07) is 8.02. The summed E-state index contributed by atoms with van der Waals surface area (Å²) in [5.41, 5.74) is 10.7.